The quantitative estimate of drug-likeness (QED) is 0.910. The van der Waals surface area contributed by atoms with Gasteiger partial charge in [0.1, 0.15) is 5.82 Å². The molecule has 2 N–H and O–H groups in total. The topological polar surface area (TPSA) is 79.3 Å². The molecule has 0 bridgehead atoms. The standard InChI is InChI=1S/C15H12N2O3S/c18-14(12-7-9-3-1-2-4-11(9)21-12)17-13-6-5-10(8-16-13)15(19)20/h1-6,8,12H,7H2,(H,19,20)(H,16,17,18). The van der Waals surface area contributed by atoms with Crippen LogP contribution in [-0.4, -0.2) is 27.2 Å². The first kappa shape index (κ1) is 13.6. The third-order valence-electron chi connectivity index (χ3n) is 3.20. The summed E-state index contributed by atoms with van der Waals surface area (Å²) in [5.74, 6) is -0.796. The third kappa shape index (κ3) is 2.90. The van der Waals surface area contributed by atoms with Gasteiger partial charge in [0.05, 0.1) is 10.8 Å². The molecule has 0 saturated heterocycles. The molecule has 0 radical (unpaired) electrons. The molecule has 1 aromatic carbocycles. The summed E-state index contributed by atoms with van der Waals surface area (Å²) in [7, 11) is 0. The minimum absolute atomic E-state index is 0.0932. The minimum atomic E-state index is -1.04. The number of aromatic carboxylic acids is 1. The van der Waals surface area contributed by atoms with Gasteiger partial charge in [-0.05, 0) is 30.2 Å². The van der Waals surface area contributed by atoms with E-state index in [1.165, 1.54) is 35.7 Å². The highest BCUT2D eigenvalue weighted by atomic mass is 32.2. The first-order valence-corrected chi connectivity index (χ1v) is 7.26. The third-order valence-corrected chi connectivity index (χ3v) is 4.52. The van der Waals surface area contributed by atoms with Gasteiger partial charge in [-0.2, -0.15) is 0 Å². The van der Waals surface area contributed by atoms with Crippen molar-refractivity contribution in [2.45, 2.75) is 16.6 Å². The Hall–Kier alpha value is -2.34. The van der Waals surface area contributed by atoms with Crippen LogP contribution < -0.4 is 5.32 Å². The van der Waals surface area contributed by atoms with Crippen LogP contribution in [0.25, 0.3) is 0 Å². The van der Waals surface area contributed by atoms with Gasteiger partial charge < -0.3 is 10.4 Å². The van der Waals surface area contributed by atoms with Crippen molar-refractivity contribution in [2.75, 3.05) is 5.32 Å². The van der Waals surface area contributed by atoms with E-state index in [-0.39, 0.29) is 16.7 Å². The summed E-state index contributed by atoms with van der Waals surface area (Å²) >= 11 is 1.54. The lowest BCUT2D eigenvalue weighted by Gasteiger charge is -2.09. The van der Waals surface area contributed by atoms with Gasteiger partial charge in [-0.1, -0.05) is 18.2 Å². The number of aromatic nitrogens is 1. The smallest absolute Gasteiger partial charge is 0.337 e. The molecule has 1 aliphatic rings. The number of carboxylic acids is 1. The molecule has 2 aromatic rings. The van der Waals surface area contributed by atoms with E-state index < -0.39 is 5.97 Å². The Balaban J connectivity index is 1.66. The lowest BCUT2D eigenvalue weighted by atomic mass is 10.1. The van der Waals surface area contributed by atoms with Crippen molar-refractivity contribution in [3.05, 3.63) is 53.7 Å². The van der Waals surface area contributed by atoms with E-state index in [9.17, 15) is 9.59 Å². The Morgan fingerprint density at radius 2 is 2.05 bits per heavy atom. The summed E-state index contributed by atoms with van der Waals surface area (Å²) < 4.78 is 0. The van der Waals surface area contributed by atoms with Gasteiger partial charge >= 0.3 is 5.97 Å². The first-order chi connectivity index (χ1) is 10.1. The number of rotatable bonds is 3. The molecule has 21 heavy (non-hydrogen) atoms. The van der Waals surface area contributed by atoms with Gasteiger partial charge in [0.25, 0.3) is 0 Å². The Morgan fingerprint density at radius 1 is 1.24 bits per heavy atom. The highest BCUT2D eigenvalue weighted by Crippen LogP contribution is 2.37. The Kier molecular flexibility index (Phi) is 3.62. The highest BCUT2D eigenvalue weighted by Gasteiger charge is 2.28. The van der Waals surface area contributed by atoms with Crippen LogP contribution in [0.3, 0.4) is 0 Å². The Morgan fingerprint density at radius 3 is 2.71 bits per heavy atom. The lowest BCUT2D eigenvalue weighted by molar-refractivity contribution is -0.115. The van der Waals surface area contributed by atoms with Gasteiger partial charge in [0.15, 0.2) is 0 Å². The molecule has 0 saturated carbocycles. The zero-order valence-electron chi connectivity index (χ0n) is 10.9. The van der Waals surface area contributed by atoms with Crippen molar-refractivity contribution in [3.8, 4) is 0 Å². The number of carbonyl (C=O) groups is 2. The van der Waals surface area contributed by atoms with E-state index in [0.717, 1.165) is 4.90 Å². The summed E-state index contributed by atoms with van der Waals surface area (Å²) in [6.07, 6.45) is 1.92. The number of benzene rings is 1. The molecule has 1 aromatic heterocycles. The van der Waals surface area contributed by atoms with Gasteiger partial charge in [-0.15, -0.1) is 11.8 Å². The zero-order chi connectivity index (χ0) is 14.8. The number of fused-ring (bicyclic) bond motifs is 1. The molecule has 106 valence electrons. The number of hydrogen-bond acceptors (Lipinski definition) is 4. The first-order valence-electron chi connectivity index (χ1n) is 6.38. The number of thioether (sulfide) groups is 1. The molecule has 2 heterocycles. The number of anilines is 1. The molecule has 0 aliphatic carbocycles. The van der Waals surface area contributed by atoms with Crippen LogP contribution in [0.1, 0.15) is 15.9 Å². The van der Waals surface area contributed by atoms with E-state index in [4.69, 9.17) is 5.11 Å². The monoisotopic (exact) mass is 300 g/mol. The fourth-order valence-corrected chi connectivity index (χ4v) is 3.32. The predicted octanol–water partition coefficient (Wildman–Crippen LogP) is 2.44. The molecule has 1 atom stereocenters. The molecule has 1 unspecified atom stereocenters. The predicted molar refractivity (Wildman–Crippen MR) is 79.6 cm³/mol. The van der Waals surface area contributed by atoms with Gasteiger partial charge in [-0.25, -0.2) is 9.78 Å². The maximum Gasteiger partial charge on any atom is 0.337 e. The van der Waals surface area contributed by atoms with E-state index in [1.807, 2.05) is 24.3 Å². The highest BCUT2D eigenvalue weighted by molar-refractivity contribution is 8.01. The van der Waals surface area contributed by atoms with Crippen LogP contribution in [0.15, 0.2) is 47.5 Å². The van der Waals surface area contributed by atoms with Crippen LogP contribution in [0, 0.1) is 0 Å². The SMILES string of the molecule is O=C(O)c1ccc(NC(=O)C2Cc3ccccc3S2)nc1. The van der Waals surface area contributed by atoms with Crippen molar-refractivity contribution >= 4 is 29.5 Å². The average molecular weight is 300 g/mol. The maximum absolute atomic E-state index is 12.2. The number of carboxylic acid groups (broad SMARTS) is 1. The number of nitrogens with one attached hydrogen (secondary N) is 1. The molecule has 0 fully saturated rings. The minimum Gasteiger partial charge on any atom is -0.478 e. The summed E-state index contributed by atoms with van der Waals surface area (Å²) in [4.78, 5) is 28.0. The lowest BCUT2D eigenvalue weighted by Crippen LogP contribution is -2.25. The summed E-state index contributed by atoms with van der Waals surface area (Å²) in [6, 6.07) is 10.9. The van der Waals surface area contributed by atoms with Crippen LogP contribution >= 0.6 is 11.8 Å². The summed E-state index contributed by atoms with van der Waals surface area (Å²) in [5.41, 5.74) is 1.27. The van der Waals surface area contributed by atoms with Crippen molar-refractivity contribution in [1.29, 1.82) is 0 Å². The Bertz CT molecular complexity index is 675. The maximum atomic E-state index is 12.2. The molecule has 6 heteroatoms. The molecule has 5 nitrogen and oxygen atoms in total. The Labute approximate surface area is 125 Å². The number of nitrogens with zero attached hydrogens (tertiary/aromatic N) is 1. The molecular weight excluding hydrogens is 288 g/mol. The molecule has 0 spiro atoms. The van der Waals surface area contributed by atoms with Gasteiger partial charge in [0, 0.05) is 11.1 Å². The normalized spacial score (nSPS) is 16.3. The second-order valence-corrected chi connectivity index (χ2v) is 5.89. The van der Waals surface area contributed by atoms with E-state index in [0.29, 0.717) is 12.2 Å². The van der Waals surface area contributed by atoms with Crippen LogP contribution in [-0.2, 0) is 11.2 Å². The number of pyridine rings is 1. The molecular formula is C15H12N2O3S. The van der Waals surface area contributed by atoms with Crippen molar-refractivity contribution in [2.24, 2.45) is 0 Å². The van der Waals surface area contributed by atoms with Gasteiger partial charge in [0.2, 0.25) is 5.91 Å². The van der Waals surface area contributed by atoms with Crippen molar-refractivity contribution in [1.82, 2.24) is 4.98 Å². The second kappa shape index (κ2) is 5.57. The summed E-state index contributed by atoms with van der Waals surface area (Å²) in [5, 5.41) is 11.3. The fraction of sp³-hybridized carbons (Fsp3) is 0.133. The van der Waals surface area contributed by atoms with E-state index in [2.05, 4.69) is 10.3 Å². The van der Waals surface area contributed by atoms with Gasteiger partial charge in [-0.3, -0.25) is 4.79 Å². The molecule has 1 aliphatic heterocycles. The number of carbonyl (C=O) groups excluding carboxylic acids is 1. The number of amides is 1. The van der Waals surface area contributed by atoms with Crippen LogP contribution in [0.2, 0.25) is 0 Å². The van der Waals surface area contributed by atoms with Crippen molar-refractivity contribution in [3.63, 3.8) is 0 Å². The zero-order valence-corrected chi connectivity index (χ0v) is 11.8. The van der Waals surface area contributed by atoms with Crippen LogP contribution in [0.5, 0.6) is 0 Å². The van der Waals surface area contributed by atoms with E-state index in [1.54, 1.807) is 0 Å². The van der Waals surface area contributed by atoms with Crippen LogP contribution in [0.4, 0.5) is 5.82 Å². The fourth-order valence-electron chi connectivity index (χ4n) is 2.13. The largest absolute Gasteiger partial charge is 0.478 e. The molecule has 1 amide bonds. The molecule has 3 rings (SSSR count). The number of hydrogen-bond donors (Lipinski definition) is 2. The van der Waals surface area contributed by atoms with E-state index >= 15 is 0 Å². The van der Waals surface area contributed by atoms with Crippen molar-refractivity contribution < 1.29 is 14.7 Å². The average Bonchev–Trinajstić information content (AvgIpc) is 2.92. The summed E-state index contributed by atoms with van der Waals surface area (Å²) in [6.45, 7) is 0. The second-order valence-electron chi connectivity index (χ2n) is 4.64.